The van der Waals surface area contributed by atoms with Crippen molar-refractivity contribution >= 4 is 0 Å². The first-order valence-electron chi connectivity index (χ1n) is 8.08. The molecule has 0 aromatic heterocycles. The highest BCUT2D eigenvalue weighted by molar-refractivity contribution is 5.27. The summed E-state index contributed by atoms with van der Waals surface area (Å²) in [6.45, 7) is 9.27. The van der Waals surface area contributed by atoms with Crippen molar-refractivity contribution in [3.05, 3.63) is 29.8 Å². The van der Waals surface area contributed by atoms with Crippen LogP contribution in [0.1, 0.15) is 25.8 Å². The lowest BCUT2D eigenvalue weighted by atomic mass is 9.99. The number of ether oxygens (including phenoxy) is 1. The minimum absolute atomic E-state index is 0.215. The van der Waals surface area contributed by atoms with Gasteiger partial charge in [-0.2, -0.15) is 0 Å². The van der Waals surface area contributed by atoms with Crippen LogP contribution in [0.3, 0.4) is 0 Å². The van der Waals surface area contributed by atoms with Gasteiger partial charge in [0.2, 0.25) is 0 Å². The Hall–Kier alpha value is -1.10. The number of likely N-dealkylation sites (N-methyl/N-ethyl adjacent to an activating group) is 1. The van der Waals surface area contributed by atoms with Gasteiger partial charge in [-0.05, 0) is 43.6 Å². The minimum Gasteiger partial charge on any atom is -0.508 e. The highest BCUT2D eigenvalue weighted by Crippen LogP contribution is 2.17. The summed E-state index contributed by atoms with van der Waals surface area (Å²) in [6.07, 6.45) is 2.21. The number of nitrogens with one attached hydrogen (secondary N) is 1. The van der Waals surface area contributed by atoms with Crippen LogP contribution in [-0.2, 0) is 11.2 Å². The predicted octanol–water partition coefficient (Wildman–Crippen LogP) is 2.02. The zero-order valence-electron chi connectivity index (χ0n) is 13.2. The summed E-state index contributed by atoms with van der Waals surface area (Å²) < 4.78 is 6.01. The molecule has 1 aliphatic rings. The minimum atomic E-state index is 0.215. The average Bonchev–Trinajstić information content (AvgIpc) is 2.51. The van der Waals surface area contributed by atoms with Gasteiger partial charge in [0.05, 0.1) is 12.7 Å². The molecule has 1 saturated heterocycles. The predicted molar refractivity (Wildman–Crippen MR) is 85.7 cm³/mol. The summed E-state index contributed by atoms with van der Waals surface area (Å²) >= 11 is 0. The number of hydrogen-bond donors (Lipinski definition) is 2. The second-order valence-electron chi connectivity index (χ2n) is 5.74. The summed E-state index contributed by atoms with van der Waals surface area (Å²) in [5.41, 5.74) is 1.15. The Morgan fingerprint density at radius 2 is 2.29 bits per heavy atom. The normalized spacial score (nSPS) is 21.3. The Bertz CT molecular complexity index is 425. The maximum atomic E-state index is 9.63. The quantitative estimate of drug-likeness (QED) is 0.807. The second kappa shape index (κ2) is 8.37. The van der Waals surface area contributed by atoms with Gasteiger partial charge in [-0.25, -0.2) is 0 Å². The van der Waals surface area contributed by atoms with Gasteiger partial charge in [0.25, 0.3) is 0 Å². The summed E-state index contributed by atoms with van der Waals surface area (Å²) in [7, 11) is 0. The summed E-state index contributed by atoms with van der Waals surface area (Å²) in [5.74, 6) is 0.335. The highest BCUT2D eigenvalue weighted by Gasteiger charge is 2.27. The van der Waals surface area contributed by atoms with E-state index in [-0.39, 0.29) is 6.10 Å². The molecule has 4 nitrogen and oxygen atoms in total. The van der Waals surface area contributed by atoms with Crippen molar-refractivity contribution < 1.29 is 9.84 Å². The van der Waals surface area contributed by atoms with E-state index in [1.54, 1.807) is 6.07 Å². The van der Waals surface area contributed by atoms with E-state index < -0.39 is 0 Å². The summed E-state index contributed by atoms with van der Waals surface area (Å²) in [4.78, 5) is 2.44. The Kier molecular flexibility index (Phi) is 6.49. The van der Waals surface area contributed by atoms with Crippen LogP contribution in [-0.4, -0.2) is 54.9 Å². The zero-order chi connectivity index (χ0) is 15.1. The molecule has 118 valence electrons. The van der Waals surface area contributed by atoms with Gasteiger partial charge in [0, 0.05) is 19.1 Å². The molecule has 2 N–H and O–H groups in total. The fourth-order valence-corrected chi connectivity index (χ4v) is 2.86. The molecule has 4 heteroatoms. The van der Waals surface area contributed by atoms with Crippen molar-refractivity contribution in [1.82, 2.24) is 10.2 Å². The highest BCUT2D eigenvalue weighted by atomic mass is 16.5. The van der Waals surface area contributed by atoms with Crippen molar-refractivity contribution in [1.29, 1.82) is 0 Å². The molecule has 0 bridgehead atoms. The van der Waals surface area contributed by atoms with Gasteiger partial charge in [-0.1, -0.05) is 26.0 Å². The first kappa shape index (κ1) is 16.3. The van der Waals surface area contributed by atoms with Crippen LogP contribution in [0, 0.1) is 0 Å². The number of aromatic hydroxyl groups is 1. The smallest absolute Gasteiger partial charge is 0.115 e. The molecular formula is C17H28N2O2. The van der Waals surface area contributed by atoms with Gasteiger partial charge in [-0.15, -0.1) is 0 Å². The maximum absolute atomic E-state index is 9.63. The molecule has 1 fully saturated rings. The topological polar surface area (TPSA) is 44.7 Å². The third-order valence-electron chi connectivity index (χ3n) is 4.10. The average molecular weight is 292 g/mol. The first-order chi connectivity index (χ1) is 10.2. The number of morpholine rings is 1. The lowest BCUT2D eigenvalue weighted by Crippen LogP contribution is -2.53. The molecule has 1 aliphatic heterocycles. The molecule has 0 radical (unpaired) electrons. The van der Waals surface area contributed by atoms with Gasteiger partial charge >= 0.3 is 0 Å². The Morgan fingerprint density at radius 3 is 3.00 bits per heavy atom. The molecule has 0 spiro atoms. The molecule has 0 amide bonds. The zero-order valence-corrected chi connectivity index (χ0v) is 13.2. The Labute approximate surface area is 128 Å². The number of phenols is 1. The van der Waals surface area contributed by atoms with Gasteiger partial charge in [-0.3, -0.25) is 4.90 Å². The largest absolute Gasteiger partial charge is 0.508 e. The van der Waals surface area contributed by atoms with Gasteiger partial charge < -0.3 is 15.2 Å². The fourth-order valence-electron chi connectivity index (χ4n) is 2.86. The van der Waals surface area contributed by atoms with Crippen molar-refractivity contribution in [3.63, 3.8) is 0 Å². The molecule has 2 atom stereocenters. The fraction of sp³-hybridized carbons (Fsp3) is 0.647. The van der Waals surface area contributed by atoms with Gasteiger partial charge in [0.15, 0.2) is 0 Å². The van der Waals surface area contributed by atoms with E-state index in [9.17, 15) is 5.11 Å². The summed E-state index contributed by atoms with van der Waals surface area (Å²) in [6, 6.07) is 7.83. The van der Waals surface area contributed by atoms with E-state index in [1.165, 1.54) is 0 Å². The van der Waals surface area contributed by atoms with E-state index in [0.29, 0.717) is 11.8 Å². The summed E-state index contributed by atoms with van der Waals surface area (Å²) in [5, 5.41) is 13.3. The molecule has 21 heavy (non-hydrogen) atoms. The Morgan fingerprint density at radius 1 is 1.43 bits per heavy atom. The number of hydrogen-bond acceptors (Lipinski definition) is 4. The van der Waals surface area contributed by atoms with Crippen molar-refractivity contribution in [2.75, 3.05) is 32.8 Å². The van der Waals surface area contributed by atoms with Crippen molar-refractivity contribution in [2.45, 2.75) is 38.8 Å². The van der Waals surface area contributed by atoms with Crippen LogP contribution in [0.15, 0.2) is 24.3 Å². The molecule has 1 aromatic rings. The Balaban J connectivity index is 2.02. The molecular weight excluding hydrogens is 264 g/mol. The van der Waals surface area contributed by atoms with Crippen LogP contribution in [0.25, 0.3) is 0 Å². The SMILES string of the molecule is CCCNC(Cc1cccc(O)c1)C1CN(CC)CCO1. The lowest BCUT2D eigenvalue weighted by molar-refractivity contribution is -0.0447. The van der Waals surface area contributed by atoms with Crippen LogP contribution in [0.2, 0.25) is 0 Å². The van der Waals surface area contributed by atoms with Crippen LogP contribution in [0.5, 0.6) is 5.75 Å². The number of nitrogens with zero attached hydrogens (tertiary/aromatic N) is 1. The molecule has 1 heterocycles. The van der Waals surface area contributed by atoms with Crippen molar-refractivity contribution in [2.24, 2.45) is 0 Å². The van der Waals surface area contributed by atoms with Crippen LogP contribution in [0.4, 0.5) is 0 Å². The van der Waals surface area contributed by atoms with Crippen LogP contribution >= 0.6 is 0 Å². The standard InChI is InChI=1S/C17H28N2O2/c1-3-8-18-16(12-14-6-5-7-15(20)11-14)17-13-19(4-2)9-10-21-17/h5-7,11,16-18,20H,3-4,8-10,12-13H2,1-2H3. The van der Waals surface area contributed by atoms with E-state index >= 15 is 0 Å². The molecule has 2 unspecified atom stereocenters. The molecule has 2 rings (SSSR count). The van der Waals surface area contributed by atoms with Crippen LogP contribution < -0.4 is 5.32 Å². The third kappa shape index (κ3) is 4.99. The van der Waals surface area contributed by atoms with E-state index in [0.717, 1.165) is 51.2 Å². The first-order valence-corrected chi connectivity index (χ1v) is 8.08. The van der Waals surface area contributed by atoms with Gasteiger partial charge in [0.1, 0.15) is 5.75 Å². The number of benzene rings is 1. The molecule has 1 aromatic carbocycles. The molecule has 0 aliphatic carbocycles. The monoisotopic (exact) mass is 292 g/mol. The van der Waals surface area contributed by atoms with E-state index in [1.807, 2.05) is 12.1 Å². The van der Waals surface area contributed by atoms with E-state index in [2.05, 4.69) is 30.1 Å². The number of rotatable bonds is 7. The number of phenolic OH excluding ortho intramolecular Hbond substituents is 1. The maximum Gasteiger partial charge on any atom is 0.115 e. The molecule has 0 saturated carbocycles. The second-order valence-corrected chi connectivity index (χ2v) is 5.74. The third-order valence-corrected chi connectivity index (χ3v) is 4.10. The van der Waals surface area contributed by atoms with E-state index in [4.69, 9.17) is 4.74 Å². The van der Waals surface area contributed by atoms with Crippen molar-refractivity contribution in [3.8, 4) is 5.75 Å². The lowest BCUT2D eigenvalue weighted by Gasteiger charge is -2.37.